The molecule has 0 saturated carbocycles. The summed E-state index contributed by atoms with van der Waals surface area (Å²) in [6.07, 6.45) is 3.35. The zero-order valence-electron chi connectivity index (χ0n) is 14.1. The summed E-state index contributed by atoms with van der Waals surface area (Å²) in [6, 6.07) is 14.9. The van der Waals surface area contributed by atoms with Crippen molar-refractivity contribution in [1.82, 2.24) is 5.32 Å². The molecule has 0 heterocycles. The second-order valence-electron chi connectivity index (χ2n) is 6.03. The van der Waals surface area contributed by atoms with Crippen molar-refractivity contribution < 1.29 is 13.2 Å². The largest absolute Gasteiger partial charge is 0.352 e. The normalized spacial score (nSPS) is 11.2. The summed E-state index contributed by atoms with van der Waals surface area (Å²) in [4.78, 5) is 12.2. The smallest absolute Gasteiger partial charge is 0.220 e. The standard InChI is InChI=1S/C19H23NO3S/c1-15-6-8-16(9-7-15)4-3-5-19(21)20-14-17-10-12-18(13-11-17)24(2,22)23/h6-13H,3-5,14H2,1-2H3,(H,20,21). The van der Waals surface area contributed by atoms with E-state index in [1.165, 1.54) is 17.4 Å². The minimum Gasteiger partial charge on any atom is -0.352 e. The van der Waals surface area contributed by atoms with Crippen LogP contribution >= 0.6 is 0 Å². The Morgan fingerprint density at radius 3 is 2.12 bits per heavy atom. The van der Waals surface area contributed by atoms with Gasteiger partial charge in [-0.2, -0.15) is 0 Å². The van der Waals surface area contributed by atoms with Gasteiger partial charge in [-0.3, -0.25) is 4.79 Å². The number of rotatable bonds is 7. The molecule has 24 heavy (non-hydrogen) atoms. The van der Waals surface area contributed by atoms with Crippen LogP contribution in [0.3, 0.4) is 0 Å². The second-order valence-corrected chi connectivity index (χ2v) is 8.05. The number of hydrogen-bond acceptors (Lipinski definition) is 3. The van der Waals surface area contributed by atoms with Gasteiger partial charge >= 0.3 is 0 Å². The third-order valence-electron chi connectivity index (χ3n) is 3.83. The molecular weight excluding hydrogens is 322 g/mol. The Bertz CT molecular complexity index is 778. The first-order chi connectivity index (χ1) is 11.3. The van der Waals surface area contributed by atoms with Crippen molar-refractivity contribution in [1.29, 1.82) is 0 Å². The van der Waals surface area contributed by atoms with Crippen LogP contribution in [0.4, 0.5) is 0 Å². The summed E-state index contributed by atoms with van der Waals surface area (Å²) in [5, 5.41) is 2.86. The highest BCUT2D eigenvalue weighted by Crippen LogP contribution is 2.10. The highest BCUT2D eigenvalue weighted by Gasteiger charge is 2.07. The molecule has 5 heteroatoms. The zero-order chi connectivity index (χ0) is 17.6. The predicted octanol–water partition coefficient (Wildman–Crippen LogP) is 3.04. The Morgan fingerprint density at radius 2 is 1.54 bits per heavy atom. The van der Waals surface area contributed by atoms with Crippen LogP contribution in [0.5, 0.6) is 0 Å². The molecule has 2 aromatic carbocycles. The van der Waals surface area contributed by atoms with Crippen LogP contribution in [0.15, 0.2) is 53.4 Å². The summed E-state index contributed by atoms with van der Waals surface area (Å²) >= 11 is 0. The molecule has 0 radical (unpaired) electrons. The molecule has 0 spiro atoms. The van der Waals surface area contributed by atoms with E-state index < -0.39 is 9.84 Å². The van der Waals surface area contributed by atoms with Crippen LogP contribution < -0.4 is 5.32 Å². The molecule has 0 aromatic heterocycles. The fraction of sp³-hybridized carbons (Fsp3) is 0.316. The van der Waals surface area contributed by atoms with Gasteiger partial charge in [-0.25, -0.2) is 8.42 Å². The third-order valence-corrected chi connectivity index (χ3v) is 4.96. The number of sulfone groups is 1. The first kappa shape index (κ1) is 18.2. The van der Waals surface area contributed by atoms with E-state index in [0.717, 1.165) is 18.4 Å². The van der Waals surface area contributed by atoms with Gasteiger partial charge in [0.15, 0.2) is 9.84 Å². The fourth-order valence-corrected chi connectivity index (χ4v) is 2.98. The van der Waals surface area contributed by atoms with Gasteiger partial charge in [0.1, 0.15) is 0 Å². The van der Waals surface area contributed by atoms with Crippen LogP contribution in [0.2, 0.25) is 0 Å². The van der Waals surface area contributed by atoms with Crippen LogP contribution in [0, 0.1) is 6.92 Å². The van der Waals surface area contributed by atoms with Crippen LogP contribution in [0.25, 0.3) is 0 Å². The van der Waals surface area contributed by atoms with E-state index in [0.29, 0.717) is 13.0 Å². The van der Waals surface area contributed by atoms with Crippen LogP contribution in [0.1, 0.15) is 29.5 Å². The Labute approximate surface area is 143 Å². The van der Waals surface area contributed by atoms with Gasteiger partial charge < -0.3 is 5.32 Å². The molecule has 0 bridgehead atoms. The Morgan fingerprint density at radius 1 is 0.958 bits per heavy atom. The summed E-state index contributed by atoms with van der Waals surface area (Å²) in [7, 11) is -3.18. The molecule has 2 aromatic rings. The van der Waals surface area contributed by atoms with Crippen molar-refractivity contribution in [3.05, 3.63) is 65.2 Å². The maximum Gasteiger partial charge on any atom is 0.220 e. The van der Waals surface area contributed by atoms with Crippen molar-refractivity contribution in [3.8, 4) is 0 Å². The summed E-state index contributed by atoms with van der Waals surface area (Å²) in [6.45, 7) is 2.47. The van der Waals surface area contributed by atoms with E-state index in [4.69, 9.17) is 0 Å². The Hall–Kier alpha value is -2.14. The van der Waals surface area contributed by atoms with Crippen molar-refractivity contribution in [2.75, 3.05) is 6.26 Å². The number of nitrogens with one attached hydrogen (secondary N) is 1. The maximum absolute atomic E-state index is 11.9. The highest BCUT2D eigenvalue weighted by molar-refractivity contribution is 7.90. The van der Waals surface area contributed by atoms with E-state index >= 15 is 0 Å². The number of carbonyl (C=O) groups excluding carboxylic acids is 1. The molecule has 0 aliphatic rings. The first-order valence-corrected chi connectivity index (χ1v) is 9.85. The van der Waals surface area contributed by atoms with Crippen LogP contribution in [-0.4, -0.2) is 20.6 Å². The predicted molar refractivity (Wildman–Crippen MR) is 95.5 cm³/mol. The molecule has 0 fully saturated rings. The zero-order valence-corrected chi connectivity index (χ0v) is 14.9. The topological polar surface area (TPSA) is 63.2 Å². The van der Waals surface area contributed by atoms with Gasteiger partial charge in [0.2, 0.25) is 5.91 Å². The molecule has 0 saturated heterocycles. The van der Waals surface area contributed by atoms with Crippen molar-refractivity contribution in [3.63, 3.8) is 0 Å². The highest BCUT2D eigenvalue weighted by atomic mass is 32.2. The molecule has 1 amide bonds. The quantitative estimate of drug-likeness (QED) is 0.839. The van der Waals surface area contributed by atoms with E-state index in [9.17, 15) is 13.2 Å². The molecule has 4 nitrogen and oxygen atoms in total. The molecule has 2 rings (SSSR count). The molecule has 128 valence electrons. The van der Waals surface area contributed by atoms with Crippen LogP contribution in [-0.2, 0) is 27.6 Å². The monoisotopic (exact) mass is 345 g/mol. The summed E-state index contributed by atoms with van der Waals surface area (Å²) in [5.74, 6) is 0.00861. The lowest BCUT2D eigenvalue weighted by Crippen LogP contribution is -2.22. The van der Waals surface area contributed by atoms with E-state index in [2.05, 4.69) is 36.5 Å². The average Bonchev–Trinajstić information content (AvgIpc) is 2.54. The third kappa shape index (κ3) is 5.81. The molecule has 0 aliphatic carbocycles. The van der Waals surface area contributed by atoms with Gasteiger partial charge in [0, 0.05) is 19.2 Å². The molecule has 0 unspecified atom stereocenters. The summed E-state index contributed by atoms with van der Waals surface area (Å²) in [5.41, 5.74) is 3.36. The number of aryl methyl sites for hydroxylation is 2. The van der Waals surface area contributed by atoms with Crippen molar-refractivity contribution in [2.45, 2.75) is 37.6 Å². The molecule has 1 N–H and O–H groups in total. The first-order valence-electron chi connectivity index (χ1n) is 7.96. The maximum atomic E-state index is 11.9. The molecular formula is C19H23NO3S. The minimum atomic E-state index is -3.18. The summed E-state index contributed by atoms with van der Waals surface area (Å²) < 4.78 is 22.8. The van der Waals surface area contributed by atoms with Gasteiger partial charge in [0.25, 0.3) is 0 Å². The lowest BCUT2D eigenvalue weighted by atomic mass is 10.1. The average molecular weight is 345 g/mol. The number of amides is 1. The molecule has 0 atom stereocenters. The van der Waals surface area contributed by atoms with Gasteiger partial charge in [-0.1, -0.05) is 42.0 Å². The fourth-order valence-electron chi connectivity index (χ4n) is 2.35. The van der Waals surface area contributed by atoms with Crippen molar-refractivity contribution in [2.24, 2.45) is 0 Å². The van der Waals surface area contributed by atoms with E-state index in [1.807, 2.05) is 0 Å². The Kier molecular flexibility index (Phi) is 6.15. The second kappa shape index (κ2) is 8.11. The minimum absolute atomic E-state index is 0.00861. The lowest BCUT2D eigenvalue weighted by molar-refractivity contribution is -0.121. The van der Waals surface area contributed by atoms with Crippen molar-refractivity contribution >= 4 is 15.7 Å². The van der Waals surface area contributed by atoms with E-state index in [-0.39, 0.29) is 10.8 Å². The number of carbonyl (C=O) groups is 1. The van der Waals surface area contributed by atoms with E-state index in [1.54, 1.807) is 24.3 Å². The number of benzene rings is 2. The SMILES string of the molecule is Cc1ccc(CCCC(=O)NCc2ccc(S(C)(=O)=O)cc2)cc1. The van der Waals surface area contributed by atoms with Gasteiger partial charge in [-0.05, 0) is 43.0 Å². The molecule has 0 aliphatic heterocycles. The lowest BCUT2D eigenvalue weighted by Gasteiger charge is -2.07. The Balaban J connectivity index is 1.74. The number of hydrogen-bond donors (Lipinski definition) is 1. The van der Waals surface area contributed by atoms with Gasteiger partial charge in [-0.15, -0.1) is 0 Å². The van der Waals surface area contributed by atoms with Gasteiger partial charge in [0.05, 0.1) is 4.90 Å².